The molecule has 0 saturated heterocycles. The normalized spacial score (nSPS) is 20.7. The number of hydrogen-bond donors (Lipinski definition) is 3. The number of aliphatic carboxylic acids is 1. The fourth-order valence-corrected chi connectivity index (χ4v) is 3.01. The quantitative estimate of drug-likeness (QED) is 0.706. The molecule has 6 heteroatoms. The molecule has 1 aliphatic carbocycles. The topological polar surface area (TPSA) is 95.5 Å². The van der Waals surface area contributed by atoms with E-state index in [4.69, 9.17) is 5.11 Å². The third-order valence-electron chi connectivity index (χ3n) is 4.80. The molecule has 3 N–H and O–H groups in total. The van der Waals surface area contributed by atoms with Gasteiger partial charge in [-0.05, 0) is 50.3 Å². The summed E-state index contributed by atoms with van der Waals surface area (Å²) in [6.07, 6.45) is 2.43. The van der Waals surface area contributed by atoms with Crippen LogP contribution < -0.4 is 10.6 Å². The lowest BCUT2D eigenvalue weighted by atomic mass is 10.0. The molecular formula is C19H26N2O4. The Morgan fingerprint density at radius 2 is 1.96 bits per heavy atom. The second-order valence-corrected chi connectivity index (χ2v) is 6.75. The number of carbonyl (C=O) groups excluding carboxylic acids is 2. The Morgan fingerprint density at radius 3 is 2.60 bits per heavy atom. The van der Waals surface area contributed by atoms with Crippen molar-refractivity contribution in [2.45, 2.75) is 52.1 Å². The van der Waals surface area contributed by atoms with Crippen molar-refractivity contribution in [3.8, 4) is 0 Å². The molecule has 136 valence electrons. The molecule has 0 bridgehead atoms. The van der Waals surface area contributed by atoms with E-state index in [9.17, 15) is 14.4 Å². The number of carboxylic acids is 1. The first-order valence-electron chi connectivity index (χ1n) is 8.81. The first kappa shape index (κ1) is 19.0. The van der Waals surface area contributed by atoms with E-state index < -0.39 is 11.9 Å². The zero-order chi connectivity index (χ0) is 18.4. The van der Waals surface area contributed by atoms with Gasteiger partial charge < -0.3 is 15.7 Å². The van der Waals surface area contributed by atoms with Crippen LogP contribution in [0.25, 0.3) is 0 Å². The number of carboxylic acid groups (broad SMARTS) is 1. The molecule has 0 spiro atoms. The molecule has 0 heterocycles. The fraction of sp³-hybridized carbons (Fsp3) is 0.526. The Kier molecular flexibility index (Phi) is 6.56. The first-order chi connectivity index (χ1) is 11.9. The Morgan fingerprint density at radius 1 is 1.24 bits per heavy atom. The second-order valence-electron chi connectivity index (χ2n) is 6.75. The molecule has 1 unspecified atom stereocenters. The Balaban J connectivity index is 1.89. The van der Waals surface area contributed by atoms with E-state index in [1.807, 2.05) is 19.9 Å². The zero-order valence-electron chi connectivity index (χ0n) is 14.7. The van der Waals surface area contributed by atoms with Crippen molar-refractivity contribution in [2.24, 2.45) is 11.8 Å². The van der Waals surface area contributed by atoms with Gasteiger partial charge in [-0.1, -0.05) is 19.1 Å². The molecule has 2 amide bonds. The third kappa shape index (κ3) is 5.31. The number of amides is 2. The smallest absolute Gasteiger partial charge is 0.306 e. The lowest BCUT2D eigenvalue weighted by Gasteiger charge is -2.13. The highest BCUT2D eigenvalue weighted by atomic mass is 16.4. The molecule has 0 radical (unpaired) electrons. The Bertz CT molecular complexity index is 644. The van der Waals surface area contributed by atoms with Crippen LogP contribution in [0.2, 0.25) is 0 Å². The molecule has 1 fully saturated rings. The van der Waals surface area contributed by atoms with Crippen LogP contribution in [0.4, 0.5) is 0 Å². The van der Waals surface area contributed by atoms with E-state index in [-0.39, 0.29) is 23.8 Å². The van der Waals surface area contributed by atoms with Crippen LogP contribution in [0.3, 0.4) is 0 Å². The van der Waals surface area contributed by atoms with Crippen LogP contribution in [0.5, 0.6) is 0 Å². The van der Waals surface area contributed by atoms with Crippen LogP contribution >= 0.6 is 0 Å². The van der Waals surface area contributed by atoms with Crippen molar-refractivity contribution < 1.29 is 19.5 Å². The van der Waals surface area contributed by atoms with Crippen molar-refractivity contribution in [1.82, 2.24) is 10.6 Å². The van der Waals surface area contributed by atoms with Gasteiger partial charge in [0, 0.05) is 24.1 Å². The summed E-state index contributed by atoms with van der Waals surface area (Å²) in [4.78, 5) is 35.3. The van der Waals surface area contributed by atoms with E-state index in [2.05, 4.69) is 10.6 Å². The molecular weight excluding hydrogens is 320 g/mol. The van der Waals surface area contributed by atoms with Crippen LogP contribution in [-0.4, -0.2) is 28.9 Å². The van der Waals surface area contributed by atoms with Crippen LogP contribution in [0, 0.1) is 11.8 Å². The van der Waals surface area contributed by atoms with E-state index in [1.54, 1.807) is 18.2 Å². The van der Waals surface area contributed by atoms with Crippen molar-refractivity contribution in [2.75, 3.05) is 0 Å². The minimum absolute atomic E-state index is 0.111. The lowest BCUT2D eigenvalue weighted by molar-refractivity contribution is -0.141. The molecule has 0 aromatic heterocycles. The lowest BCUT2D eigenvalue weighted by Crippen LogP contribution is -2.32. The van der Waals surface area contributed by atoms with Crippen molar-refractivity contribution in [3.05, 3.63) is 35.4 Å². The number of rotatable bonds is 7. The standard InChI is InChI=1S/C19H26N2O4/c1-3-12(2)21-18(23)14-6-4-5-13(9-14)11-20-17(22)15-7-8-16(10-15)19(24)25/h4-6,9,12,15-16H,3,7-8,10-11H2,1-2H3,(H,20,22)(H,21,23)(H,24,25)/t12?,15-,16+/m1/s1. The summed E-state index contributed by atoms with van der Waals surface area (Å²) >= 11 is 0. The van der Waals surface area contributed by atoms with Crippen LogP contribution in [0.15, 0.2) is 24.3 Å². The van der Waals surface area contributed by atoms with Gasteiger partial charge >= 0.3 is 5.97 Å². The largest absolute Gasteiger partial charge is 0.481 e. The molecule has 1 saturated carbocycles. The molecule has 25 heavy (non-hydrogen) atoms. The van der Waals surface area contributed by atoms with Crippen LogP contribution in [-0.2, 0) is 16.1 Å². The van der Waals surface area contributed by atoms with E-state index in [1.165, 1.54) is 0 Å². The summed E-state index contributed by atoms with van der Waals surface area (Å²) in [7, 11) is 0. The molecule has 6 nitrogen and oxygen atoms in total. The molecule has 1 aliphatic rings. The predicted octanol–water partition coefficient (Wildman–Crippen LogP) is 2.33. The average molecular weight is 346 g/mol. The highest BCUT2D eigenvalue weighted by Crippen LogP contribution is 2.31. The van der Waals surface area contributed by atoms with Crippen molar-refractivity contribution in [3.63, 3.8) is 0 Å². The minimum Gasteiger partial charge on any atom is -0.481 e. The number of carbonyl (C=O) groups is 3. The van der Waals surface area contributed by atoms with Gasteiger partial charge in [-0.25, -0.2) is 0 Å². The van der Waals surface area contributed by atoms with Gasteiger partial charge in [0.25, 0.3) is 5.91 Å². The van der Waals surface area contributed by atoms with Crippen molar-refractivity contribution in [1.29, 1.82) is 0 Å². The predicted molar refractivity (Wildman–Crippen MR) is 94.0 cm³/mol. The Labute approximate surface area is 148 Å². The summed E-state index contributed by atoms with van der Waals surface area (Å²) < 4.78 is 0. The maximum absolute atomic E-state index is 12.2. The summed E-state index contributed by atoms with van der Waals surface area (Å²) in [5.74, 6) is -1.71. The zero-order valence-corrected chi connectivity index (χ0v) is 14.7. The van der Waals surface area contributed by atoms with Gasteiger partial charge in [-0.15, -0.1) is 0 Å². The molecule has 0 aliphatic heterocycles. The van der Waals surface area contributed by atoms with E-state index in [0.29, 0.717) is 31.4 Å². The van der Waals surface area contributed by atoms with Crippen LogP contribution in [0.1, 0.15) is 55.5 Å². The van der Waals surface area contributed by atoms with Gasteiger partial charge in [0.05, 0.1) is 5.92 Å². The maximum Gasteiger partial charge on any atom is 0.306 e. The molecule has 2 rings (SSSR count). The molecule has 1 aromatic carbocycles. The second kappa shape index (κ2) is 8.65. The summed E-state index contributed by atoms with van der Waals surface area (Å²) in [6.45, 7) is 4.29. The van der Waals surface area contributed by atoms with Crippen molar-refractivity contribution >= 4 is 17.8 Å². The van der Waals surface area contributed by atoms with Gasteiger partial charge in [-0.2, -0.15) is 0 Å². The molecule has 1 aromatic rings. The number of benzene rings is 1. The first-order valence-corrected chi connectivity index (χ1v) is 8.81. The summed E-state index contributed by atoms with van der Waals surface area (Å²) in [6, 6.07) is 7.28. The highest BCUT2D eigenvalue weighted by molar-refractivity contribution is 5.94. The molecule has 3 atom stereocenters. The summed E-state index contributed by atoms with van der Waals surface area (Å²) in [5, 5.41) is 14.8. The SMILES string of the molecule is CCC(C)NC(=O)c1cccc(CNC(=O)[C@@H]2CC[C@H](C(=O)O)C2)c1. The van der Waals surface area contributed by atoms with Gasteiger partial charge in [-0.3, -0.25) is 14.4 Å². The van der Waals surface area contributed by atoms with Gasteiger partial charge in [0.15, 0.2) is 0 Å². The van der Waals surface area contributed by atoms with Gasteiger partial charge in [0.1, 0.15) is 0 Å². The van der Waals surface area contributed by atoms with Gasteiger partial charge in [0.2, 0.25) is 5.91 Å². The fourth-order valence-electron chi connectivity index (χ4n) is 3.01. The maximum atomic E-state index is 12.2. The number of hydrogen-bond acceptors (Lipinski definition) is 3. The monoisotopic (exact) mass is 346 g/mol. The van der Waals surface area contributed by atoms with E-state index >= 15 is 0 Å². The third-order valence-corrected chi connectivity index (χ3v) is 4.80. The van der Waals surface area contributed by atoms with E-state index in [0.717, 1.165) is 12.0 Å². The Hall–Kier alpha value is -2.37. The average Bonchev–Trinajstić information content (AvgIpc) is 3.10. The summed E-state index contributed by atoms with van der Waals surface area (Å²) in [5.41, 5.74) is 1.41. The number of nitrogens with one attached hydrogen (secondary N) is 2. The highest BCUT2D eigenvalue weighted by Gasteiger charge is 2.33. The minimum atomic E-state index is -0.824.